The van der Waals surface area contributed by atoms with Crippen LogP contribution in [0.3, 0.4) is 0 Å². The van der Waals surface area contributed by atoms with E-state index in [2.05, 4.69) is 15.9 Å². The highest BCUT2D eigenvalue weighted by molar-refractivity contribution is 9.10. The molecule has 0 unspecified atom stereocenters. The molecule has 1 aliphatic rings. The van der Waals surface area contributed by atoms with Crippen LogP contribution in [0.1, 0.15) is 16.7 Å². The Hall–Kier alpha value is -3.08. The van der Waals surface area contributed by atoms with Crippen molar-refractivity contribution in [2.45, 2.75) is 18.4 Å². The molecule has 0 radical (unpaired) electrons. The van der Waals surface area contributed by atoms with Crippen molar-refractivity contribution in [3.63, 3.8) is 0 Å². The minimum absolute atomic E-state index is 0.0170. The third kappa shape index (κ3) is 5.61. The number of amides is 2. The third-order valence-electron chi connectivity index (χ3n) is 5.26. The molecule has 0 N–H and O–H groups in total. The van der Waals surface area contributed by atoms with E-state index in [0.29, 0.717) is 15.8 Å². The second-order valence-electron chi connectivity index (χ2n) is 7.60. The number of rotatable bonds is 7. The van der Waals surface area contributed by atoms with Gasteiger partial charge in [0.1, 0.15) is 10.6 Å². The molecule has 1 saturated heterocycles. The standard InChI is InChI=1S/C25H20BrNO6S2/c1-16-5-3-4-6-18(16)15-27-24(28)23(34-25(27)29)14-17-7-12-22(21(26)13-17)33-35(30,31)20-10-8-19(32-2)9-11-20/h3-14H,15H2,1-2H3/b23-14-. The maximum atomic E-state index is 12.9. The summed E-state index contributed by atoms with van der Waals surface area (Å²) in [6.45, 7) is 2.13. The molecule has 0 aromatic heterocycles. The van der Waals surface area contributed by atoms with Crippen LogP contribution < -0.4 is 8.92 Å². The summed E-state index contributed by atoms with van der Waals surface area (Å²) < 4.78 is 35.9. The summed E-state index contributed by atoms with van der Waals surface area (Å²) in [7, 11) is -2.57. The van der Waals surface area contributed by atoms with Crippen molar-refractivity contribution in [3.8, 4) is 11.5 Å². The molecular formula is C25H20BrNO6S2. The smallest absolute Gasteiger partial charge is 0.339 e. The van der Waals surface area contributed by atoms with E-state index in [-0.39, 0.29) is 33.2 Å². The Balaban J connectivity index is 1.51. The molecule has 2 amide bonds. The topological polar surface area (TPSA) is 90.0 Å². The maximum Gasteiger partial charge on any atom is 0.339 e. The lowest BCUT2D eigenvalue weighted by Gasteiger charge is -2.14. The molecule has 0 atom stereocenters. The second kappa shape index (κ2) is 10.3. The highest BCUT2D eigenvalue weighted by Crippen LogP contribution is 2.35. The number of carbonyl (C=O) groups excluding carboxylic acids is 2. The molecule has 10 heteroatoms. The van der Waals surface area contributed by atoms with Gasteiger partial charge in [-0.25, -0.2) is 0 Å². The van der Waals surface area contributed by atoms with E-state index in [0.717, 1.165) is 22.9 Å². The third-order valence-corrected chi connectivity index (χ3v) is 8.04. The normalized spacial score (nSPS) is 15.1. The van der Waals surface area contributed by atoms with Crippen LogP contribution in [0.5, 0.6) is 11.5 Å². The molecular weight excluding hydrogens is 554 g/mol. The van der Waals surface area contributed by atoms with Crippen molar-refractivity contribution in [1.82, 2.24) is 4.90 Å². The summed E-state index contributed by atoms with van der Waals surface area (Å²) in [5.41, 5.74) is 2.51. The Labute approximate surface area is 216 Å². The summed E-state index contributed by atoms with van der Waals surface area (Å²) in [6, 6.07) is 18.1. The number of hydrogen-bond acceptors (Lipinski definition) is 7. The number of hydrogen-bond donors (Lipinski definition) is 0. The van der Waals surface area contributed by atoms with E-state index >= 15 is 0 Å². The van der Waals surface area contributed by atoms with Gasteiger partial charge in [0.25, 0.3) is 11.1 Å². The van der Waals surface area contributed by atoms with Gasteiger partial charge >= 0.3 is 10.1 Å². The lowest BCUT2D eigenvalue weighted by molar-refractivity contribution is -0.123. The highest BCUT2D eigenvalue weighted by atomic mass is 79.9. The van der Waals surface area contributed by atoms with Gasteiger partial charge < -0.3 is 8.92 Å². The molecule has 35 heavy (non-hydrogen) atoms. The molecule has 0 spiro atoms. The fourth-order valence-corrected chi connectivity index (χ4v) is 5.70. The van der Waals surface area contributed by atoms with Crippen LogP contribution in [0.2, 0.25) is 0 Å². The molecule has 1 aliphatic heterocycles. The van der Waals surface area contributed by atoms with Crippen LogP contribution >= 0.6 is 27.7 Å². The summed E-state index contributed by atoms with van der Waals surface area (Å²) >= 11 is 4.20. The number of aryl methyl sites for hydroxylation is 1. The Morgan fingerprint density at radius 3 is 2.40 bits per heavy atom. The summed E-state index contributed by atoms with van der Waals surface area (Å²) in [6.07, 6.45) is 1.59. The van der Waals surface area contributed by atoms with E-state index in [4.69, 9.17) is 8.92 Å². The predicted octanol–water partition coefficient (Wildman–Crippen LogP) is 5.77. The number of halogens is 1. The lowest BCUT2D eigenvalue weighted by Crippen LogP contribution is -2.27. The number of nitrogens with zero attached hydrogens (tertiary/aromatic N) is 1. The maximum absolute atomic E-state index is 12.9. The molecule has 1 heterocycles. The molecule has 180 valence electrons. The van der Waals surface area contributed by atoms with E-state index in [1.165, 1.54) is 42.3 Å². The van der Waals surface area contributed by atoms with Gasteiger partial charge in [-0.2, -0.15) is 8.42 Å². The van der Waals surface area contributed by atoms with Crippen molar-refractivity contribution in [2.75, 3.05) is 7.11 Å². The van der Waals surface area contributed by atoms with Gasteiger partial charge in [0.05, 0.1) is 23.0 Å². The zero-order chi connectivity index (χ0) is 25.2. The molecule has 3 aromatic rings. The number of benzene rings is 3. The van der Waals surface area contributed by atoms with Gasteiger partial charge in [0.15, 0.2) is 5.75 Å². The first-order chi connectivity index (χ1) is 16.7. The first-order valence-corrected chi connectivity index (χ1v) is 13.4. The van der Waals surface area contributed by atoms with E-state index < -0.39 is 10.1 Å². The van der Waals surface area contributed by atoms with Crippen molar-refractivity contribution in [3.05, 3.63) is 92.8 Å². The zero-order valence-corrected chi connectivity index (χ0v) is 21.9. The molecule has 1 fully saturated rings. The largest absolute Gasteiger partial charge is 0.497 e. The van der Waals surface area contributed by atoms with Gasteiger partial charge in [0, 0.05) is 0 Å². The van der Waals surface area contributed by atoms with Gasteiger partial charge in [-0.05, 0) is 93.8 Å². The van der Waals surface area contributed by atoms with Gasteiger partial charge in [0.2, 0.25) is 0 Å². The Kier molecular flexibility index (Phi) is 7.34. The molecule has 3 aromatic carbocycles. The number of ether oxygens (including phenoxy) is 1. The summed E-state index contributed by atoms with van der Waals surface area (Å²) in [5.74, 6) is 0.241. The Bertz CT molecular complexity index is 1430. The van der Waals surface area contributed by atoms with Gasteiger partial charge in [-0.3, -0.25) is 14.5 Å². The minimum Gasteiger partial charge on any atom is -0.497 e. The quantitative estimate of drug-likeness (QED) is 0.262. The monoisotopic (exact) mass is 573 g/mol. The number of thioether (sulfide) groups is 1. The average molecular weight is 574 g/mol. The zero-order valence-electron chi connectivity index (χ0n) is 18.7. The van der Waals surface area contributed by atoms with Crippen LogP contribution in [0.4, 0.5) is 4.79 Å². The van der Waals surface area contributed by atoms with Crippen molar-refractivity contribution in [2.24, 2.45) is 0 Å². The fraction of sp³-hybridized carbons (Fsp3) is 0.120. The summed E-state index contributed by atoms with van der Waals surface area (Å²) in [5, 5.41) is -0.339. The van der Waals surface area contributed by atoms with Crippen LogP contribution in [0, 0.1) is 6.92 Å². The van der Waals surface area contributed by atoms with Crippen molar-refractivity contribution >= 4 is 55.0 Å². The first kappa shape index (κ1) is 25.0. The average Bonchev–Trinajstić information content (AvgIpc) is 3.09. The molecule has 0 saturated carbocycles. The predicted molar refractivity (Wildman–Crippen MR) is 138 cm³/mol. The Morgan fingerprint density at radius 2 is 1.74 bits per heavy atom. The molecule has 0 aliphatic carbocycles. The molecule has 4 rings (SSSR count). The SMILES string of the molecule is COc1ccc(S(=O)(=O)Oc2ccc(/C=C3\SC(=O)N(Cc4ccccc4C)C3=O)cc2Br)cc1. The molecule has 7 nitrogen and oxygen atoms in total. The number of imide groups is 1. The van der Waals surface area contributed by atoms with E-state index in [9.17, 15) is 18.0 Å². The fourth-order valence-electron chi connectivity index (χ4n) is 3.33. The lowest BCUT2D eigenvalue weighted by atomic mass is 10.1. The van der Waals surface area contributed by atoms with Crippen molar-refractivity contribution in [1.29, 1.82) is 0 Å². The van der Waals surface area contributed by atoms with Crippen LogP contribution in [0.15, 0.2) is 81.0 Å². The van der Waals surface area contributed by atoms with Crippen LogP contribution in [-0.2, 0) is 21.5 Å². The van der Waals surface area contributed by atoms with Gasteiger partial charge in [-0.1, -0.05) is 30.3 Å². The highest BCUT2D eigenvalue weighted by Gasteiger charge is 2.35. The number of carbonyl (C=O) groups is 2. The van der Waals surface area contributed by atoms with Crippen LogP contribution in [0.25, 0.3) is 6.08 Å². The van der Waals surface area contributed by atoms with Gasteiger partial charge in [-0.15, -0.1) is 0 Å². The van der Waals surface area contributed by atoms with Crippen molar-refractivity contribution < 1.29 is 26.9 Å². The minimum atomic E-state index is -4.06. The van der Waals surface area contributed by atoms with E-state index in [1.807, 2.05) is 31.2 Å². The number of methoxy groups -OCH3 is 1. The molecule has 0 bridgehead atoms. The summed E-state index contributed by atoms with van der Waals surface area (Å²) in [4.78, 5) is 26.8. The van der Waals surface area contributed by atoms with Crippen LogP contribution in [-0.4, -0.2) is 31.6 Å². The second-order valence-corrected chi connectivity index (χ2v) is 11.0. The van der Waals surface area contributed by atoms with E-state index in [1.54, 1.807) is 18.2 Å². The first-order valence-electron chi connectivity index (χ1n) is 10.4. The Morgan fingerprint density at radius 1 is 1.03 bits per heavy atom.